The summed E-state index contributed by atoms with van der Waals surface area (Å²) in [6, 6.07) is 7.70. The maximum absolute atomic E-state index is 12.2. The van der Waals surface area contributed by atoms with E-state index in [2.05, 4.69) is 27.4 Å². The van der Waals surface area contributed by atoms with Gasteiger partial charge in [0, 0.05) is 26.7 Å². The molecular formula is C22H36IN5O2. The standard InChI is InChI=1S/C22H35N5O2.HI/c1-18-9-15-26(16-10-18)13-5-11-24-22(23-2)25-12-6-14-27-19-7-3-4-8-20(19)29-17-21(27)28;/h3-4,7-8,18H,5-6,9-17H2,1-2H3,(H2,23,24,25);1H. The molecule has 1 aromatic rings. The lowest BCUT2D eigenvalue weighted by molar-refractivity contribution is -0.121. The van der Waals surface area contributed by atoms with Gasteiger partial charge in [-0.15, -0.1) is 24.0 Å². The molecule has 3 rings (SSSR count). The Balaban J connectivity index is 0.00000320. The molecule has 0 saturated carbocycles. The topological polar surface area (TPSA) is 69.2 Å². The van der Waals surface area contributed by atoms with Crippen LogP contribution < -0.4 is 20.3 Å². The van der Waals surface area contributed by atoms with Crippen LogP contribution in [0.2, 0.25) is 0 Å². The van der Waals surface area contributed by atoms with E-state index >= 15 is 0 Å². The summed E-state index contributed by atoms with van der Waals surface area (Å²) >= 11 is 0. The van der Waals surface area contributed by atoms with Gasteiger partial charge in [-0.1, -0.05) is 19.1 Å². The fourth-order valence-corrected chi connectivity index (χ4v) is 3.86. The van der Waals surface area contributed by atoms with Crippen LogP contribution in [0.15, 0.2) is 29.3 Å². The number of carbonyl (C=O) groups excluding carboxylic acids is 1. The summed E-state index contributed by atoms with van der Waals surface area (Å²) in [4.78, 5) is 20.9. The summed E-state index contributed by atoms with van der Waals surface area (Å²) in [6.07, 6.45) is 4.61. The number of carbonyl (C=O) groups is 1. The zero-order valence-corrected chi connectivity index (χ0v) is 20.6. The van der Waals surface area contributed by atoms with E-state index < -0.39 is 0 Å². The lowest BCUT2D eigenvalue weighted by Gasteiger charge is -2.30. The van der Waals surface area contributed by atoms with Crippen molar-refractivity contribution >= 4 is 41.5 Å². The first-order valence-corrected chi connectivity index (χ1v) is 10.9. The van der Waals surface area contributed by atoms with E-state index in [9.17, 15) is 4.79 Å². The van der Waals surface area contributed by atoms with Gasteiger partial charge in [-0.3, -0.25) is 9.79 Å². The summed E-state index contributed by atoms with van der Waals surface area (Å²) < 4.78 is 5.49. The monoisotopic (exact) mass is 529 g/mol. The first kappa shape index (κ1) is 24.7. The van der Waals surface area contributed by atoms with Crippen molar-refractivity contribution in [2.45, 2.75) is 32.6 Å². The quantitative estimate of drug-likeness (QED) is 0.235. The zero-order chi connectivity index (χ0) is 20.5. The molecule has 1 saturated heterocycles. The molecule has 1 aromatic carbocycles. The van der Waals surface area contributed by atoms with Crippen molar-refractivity contribution in [3.05, 3.63) is 24.3 Å². The zero-order valence-electron chi connectivity index (χ0n) is 18.2. The van der Waals surface area contributed by atoms with E-state index in [1.165, 1.54) is 25.9 Å². The lowest BCUT2D eigenvalue weighted by atomic mass is 9.99. The Morgan fingerprint density at radius 1 is 1.13 bits per heavy atom. The minimum Gasteiger partial charge on any atom is -0.482 e. The van der Waals surface area contributed by atoms with Gasteiger partial charge in [-0.05, 0) is 63.4 Å². The Kier molecular flexibility index (Phi) is 10.7. The maximum Gasteiger partial charge on any atom is 0.265 e. The van der Waals surface area contributed by atoms with E-state index in [4.69, 9.17) is 4.74 Å². The highest BCUT2D eigenvalue weighted by molar-refractivity contribution is 14.0. The van der Waals surface area contributed by atoms with E-state index in [1.807, 2.05) is 29.2 Å². The number of rotatable bonds is 8. The van der Waals surface area contributed by atoms with Crippen LogP contribution in [0.5, 0.6) is 5.75 Å². The molecule has 2 aliphatic rings. The van der Waals surface area contributed by atoms with Crippen molar-refractivity contribution in [3.63, 3.8) is 0 Å². The molecule has 2 heterocycles. The van der Waals surface area contributed by atoms with Gasteiger partial charge >= 0.3 is 0 Å². The third kappa shape index (κ3) is 7.30. The average Bonchev–Trinajstić information content (AvgIpc) is 2.75. The molecule has 1 fully saturated rings. The third-order valence-corrected chi connectivity index (χ3v) is 5.70. The highest BCUT2D eigenvalue weighted by Gasteiger charge is 2.24. The fourth-order valence-electron chi connectivity index (χ4n) is 3.86. The van der Waals surface area contributed by atoms with Gasteiger partial charge in [0.25, 0.3) is 5.91 Å². The Hall–Kier alpha value is -1.55. The predicted octanol–water partition coefficient (Wildman–Crippen LogP) is 2.71. The summed E-state index contributed by atoms with van der Waals surface area (Å²) in [7, 11) is 1.79. The smallest absolute Gasteiger partial charge is 0.265 e. The molecule has 7 nitrogen and oxygen atoms in total. The fraction of sp³-hybridized carbons (Fsp3) is 0.636. The van der Waals surface area contributed by atoms with Gasteiger partial charge in [-0.25, -0.2) is 0 Å². The summed E-state index contributed by atoms with van der Waals surface area (Å²) in [5.74, 6) is 2.50. The average molecular weight is 529 g/mol. The van der Waals surface area contributed by atoms with Gasteiger partial charge in [0.1, 0.15) is 5.75 Å². The first-order chi connectivity index (χ1) is 14.2. The number of nitrogens with zero attached hydrogens (tertiary/aromatic N) is 3. The molecule has 0 spiro atoms. The van der Waals surface area contributed by atoms with Crippen LogP contribution in [0.25, 0.3) is 0 Å². The summed E-state index contributed by atoms with van der Waals surface area (Å²) in [6.45, 7) is 8.42. The van der Waals surface area contributed by atoms with E-state index in [-0.39, 0.29) is 36.5 Å². The molecular weight excluding hydrogens is 493 g/mol. The van der Waals surface area contributed by atoms with E-state index in [1.54, 1.807) is 7.05 Å². The minimum atomic E-state index is 0. The Morgan fingerprint density at radius 3 is 2.50 bits per heavy atom. The second-order valence-electron chi connectivity index (χ2n) is 7.96. The SMILES string of the molecule is CN=C(NCCCN1CCC(C)CC1)NCCCN1C(=O)COc2ccccc21.I. The molecule has 0 aliphatic carbocycles. The second-order valence-corrected chi connectivity index (χ2v) is 7.96. The summed E-state index contributed by atoms with van der Waals surface area (Å²) in [5.41, 5.74) is 0.860. The van der Waals surface area contributed by atoms with Crippen LogP contribution >= 0.6 is 24.0 Å². The Morgan fingerprint density at radius 2 is 1.80 bits per heavy atom. The van der Waals surface area contributed by atoms with Crippen LogP contribution in [0.4, 0.5) is 5.69 Å². The normalized spacial score (nSPS) is 17.7. The van der Waals surface area contributed by atoms with E-state index in [0.717, 1.165) is 55.8 Å². The number of likely N-dealkylation sites (tertiary alicyclic amines) is 1. The summed E-state index contributed by atoms with van der Waals surface area (Å²) in [5, 5.41) is 6.74. The molecule has 0 aromatic heterocycles. The Labute approximate surface area is 197 Å². The van der Waals surface area contributed by atoms with Gasteiger partial charge in [0.15, 0.2) is 12.6 Å². The number of ether oxygens (including phenoxy) is 1. The highest BCUT2D eigenvalue weighted by atomic mass is 127. The van der Waals surface area contributed by atoms with Crippen LogP contribution in [-0.4, -0.2) is 69.7 Å². The van der Waals surface area contributed by atoms with Crippen molar-refractivity contribution in [2.24, 2.45) is 10.9 Å². The lowest BCUT2D eigenvalue weighted by Crippen LogP contribution is -2.42. The molecule has 2 N–H and O–H groups in total. The molecule has 30 heavy (non-hydrogen) atoms. The molecule has 1 amide bonds. The second kappa shape index (κ2) is 13.0. The number of amides is 1. The first-order valence-electron chi connectivity index (χ1n) is 10.9. The van der Waals surface area contributed by atoms with Gasteiger partial charge in [0.2, 0.25) is 0 Å². The minimum absolute atomic E-state index is 0. The van der Waals surface area contributed by atoms with Gasteiger partial charge in [-0.2, -0.15) is 0 Å². The largest absolute Gasteiger partial charge is 0.482 e. The number of aliphatic imine (C=N–C) groups is 1. The van der Waals surface area contributed by atoms with Gasteiger partial charge in [0.05, 0.1) is 5.69 Å². The van der Waals surface area contributed by atoms with Crippen molar-refractivity contribution in [2.75, 3.05) is 57.8 Å². The number of para-hydroxylation sites is 2. The van der Waals surface area contributed by atoms with Crippen molar-refractivity contribution in [1.82, 2.24) is 15.5 Å². The van der Waals surface area contributed by atoms with Crippen LogP contribution in [0, 0.1) is 5.92 Å². The van der Waals surface area contributed by atoms with Crippen LogP contribution in [0.3, 0.4) is 0 Å². The number of hydrogen-bond donors (Lipinski definition) is 2. The van der Waals surface area contributed by atoms with Crippen LogP contribution in [-0.2, 0) is 4.79 Å². The molecule has 168 valence electrons. The molecule has 0 unspecified atom stereocenters. The van der Waals surface area contributed by atoms with Crippen LogP contribution in [0.1, 0.15) is 32.6 Å². The van der Waals surface area contributed by atoms with Crippen molar-refractivity contribution in [1.29, 1.82) is 0 Å². The predicted molar refractivity (Wildman–Crippen MR) is 133 cm³/mol. The van der Waals surface area contributed by atoms with Crippen molar-refractivity contribution < 1.29 is 9.53 Å². The Bertz CT molecular complexity index is 692. The molecule has 0 bridgehead atoms. The number of anilines is 1. The van der Waals surface area contributed by atoms with Gasteiger partial charge < -0.3 is 25.2 Å². The number of piperidine rings is 1. The molecule has 8 heteroatoms. The number of nitrogens with one attached hydrogen (secondary N) is 2. The number of guanidine groups is 1. The van der Waals surface area contributed by atoms with Crippen molar-refractivity contribution in [3.8, 4) is 5.75 Å². The molecule has 0 atom stereocenters. The highest BCUT2D eigenvalue weighted by Crippen LogP contribution is 2.31. The number of hydrogen-bond acceptors (Lipinski definition) is 4. The molecule has 2 aliphatic heterocycles. The van der Waals surface area contributed by atoms with E-state index in [0.29, 0.717) is 6.54 Å². The number of fused-ring (bicyclic) bond motifs is 1. The maximum atomic E-state index is 12.2. The molecule has 0 radical (unpaired) electrons. The third-order valence-electron chi connectivity index (χ3n) is 5.70. The number of benzene rings is 1. The number of halogens is 1.